The lowest BCUT2D eigenvalue weighted by Gasteiger charge is -2.10. The lowest BCUT2D eigenvalue weighted by atomic mass is 10.3. The molecule has 1 aromatic heterocycles. The molecular formula is C14H19N3OS. The van der Waals surface area contributed by atoms with Crippen molar-refractivity contribution in [2.24, 2.45) is 0 Å². The lowest BCUT2D eigenvalue weighted by Crippen LogP contribution is -2.30. The van der Waals surface area contributed by atoms with E-state index >= 15 is 0 Å². The first-order valence-corrected chi connectivity index (χ1v) is 8.01. The van der Waals surface area contributed by atoms with Gasteiger partial charge in [0.2, 0.25) is 0 Å². The van der Waals surface area contributed by atoms with Gasteiger partial charge in [0.05, 0.1) is 11.4 Å². The van der Waals surface area contributed by atoms with E-state index in [1.807, 2.05) is 54.2 Å². The number of rotatable bonds is 6. The van der Waals surface area contributed by atoms with Crippen LogP contribution in [-0.2, 0) is 17.3 Å². The third kappa shape index (κ3) is 4.29. The maximum atomic E-state index is 11.1. The predicted molar refractivity (Wildman–Crippen MR) is 78.8 cm³/mol. The Morgan fingerprint density at radius 3 is 2.74 bits per heavy atom. The molecule has 0 aliphatic carbocycles. The van der Waals surface area contributed by atoms with Gasteiger partial charge in [-0.15, -0.1) is 0 Å². The third-order valence-corrected chi connectivity index (χ3v) is 3.75. The van der Waals surface area contributed by atoms with E-state index in [1.54, 1.807) is 6.26 Å². The molecule has 2 atom stereocenters. The number of nitrogens with zero attached hydrogens (tertiary/aromatic N) is 2. The number of hydrogen-bond donors (Lipinski definition) is 1. The molecule has 0 saturated heterocycles. The van der Waals surface area contributed by atoms with Gasteiger partial charge >= 0.3 is 0 Å². The number of nitrogens with one attached hydrogen (secondary N) is 1. The van der Waals surface area contributed by atoms with Gasteiger partial charge < -0.3 is 5.32 Å². The van der Waals surface area contributed by atoms with Crippen molar-refractivity contribution >= 4 is 10.8 Å². The van der Waals surface area contributed by atoms with Crippen molar-refractivity contribution in [2.75, 3.05) is 12.0 Å². The van der Waals surface area contributed by atoms with E-state index in [1.165, 1.54) is 0 Å². The molecule has 0 spiro atoms. The summed E-state index contributed by atoms with van der Waals surface area (Å²) < 4.78 is 13.0. The summed E-state index contributed by atoms with van der Waals surface area (Å²) in [6.45, 7) is 2.73. The average Bonchev–Trinajstić information content (AvgIpc) is 2.85. The molecule has 0 aliphatic heterocycles. The van der Waals surface area contributed by atoms with E-state index in [4.69, 9.17) is 0 Å². The molecule has 4 nitrogen and oxygen atoms in total. The van der Waals surface area contributed by atoms with Crippen LogP contribution in [0, 0.1) is 0 Å². The molecule has 0 amide bonds. The standard InChI is InChI=1S/C14H19N3OS/c1-12(11-19(2)18)15-10-13-8-9-17(16-13)14-6-4-3-5-7-14/h3-9,12,15H,10-11H2,1-2H3. The Kier molecular flexibility index (Phi) is 4.87. The molecule has 1 N–H and O–H groups in total. The van der Waals surface area contributed by atoms with Crippen LogP contribution in [0.5, 0.6) is 0 Å². The van der Waals surface area contributed by atoms with Crippen LogP contribution in [-0.4, -0.2) is 32.0 Å². The van der Waals surface area contributed by atoms with E-state index < -0.39 is 10.8 Å². The van der Waals surface area contributed by atoms with Gasteiger partial charge in [0.15, 0.2) is 0 Å². The largest absolute Gasteiger partial charge is 0.308 e. The molecule has 5 heteroatoms. The summed E-state index contributed by atoms with van der Waals surface area (Å²) in [5, 5.41) is 7.84. The smallest absolute Gasteiger partial charge is 0.0766 e. The zero-order chi connectivity index (χ0) is 13.7. The Balaban J connectivity index is 1.93. The Morgan fingerprint density at radius 1 is 1.32 bits per heavy atom. The van der Waals surface area contributed by atoms with Gasteiger partial charge in [-0.3, -0.25) is 4.21 Å². The van der Waals surface area contributed by atoms with E-state index in [2.05, 4.69) is 10.4 Å². The second-order valence-corrected chi connectivity index (χ2v) is 6.09. The minimum absolute atomic E-state index is 0.229. The van der Waals surface area contributed by atoms with Crippen molar-refractivity contribution in [3.63, 3.8) is 0 Å². The Bertz CT molecular complexity index is 539. The number of para-hydroxylation sites is 1. The molecule has 0 fully saturated rings. The van der Waals surface area contributed by atoms with Gasteiger partial charge in [-0.05, 0) is 25.1 Å². The molecule has 0 radical (unpaired) electrons. The topological polar surface area (TPSA) is 46.9 Å². The zero-order valence-electron chi connectivity index (χ0n) is 11.2. The predicted octanol–water partition coefficient (Wildman–Crippen LogP) is 1.73. The van der Waals surface area contributed by atoms with Crippen LogP contribution in [0.1, 0.15) is 12.6 Å². The minimum Gasteiger partial charge on any atom is -0.308 e. The average molecular weight is 277 g/mol. The van der Waals surface area contributed by atoms with E-state index in [0.717, 1.165) is 11.4 Å². The van der Waals surface area contributed by atoms with Crippen LogP contribution in [0.3, 0.4) is 0 Å². The van der Waals surface area contributed by atoms with Crippen LogP contribution >= 0.6 is 0 Å². The van der Waals surface area contributed by atoms with Gasteiger partial charge in [0, 0.05) is 41.6 Å². The normalized spacial score (nSPS) is 14.2. The van der Waals surface area contributed by atoms with Crippen LogP contribution in [0.15, 0.2) is 42.6 Å². The van der Waals surface area contributed by atoms with E-state index in [-0.39, 0.29) is 6.04 Å². The fourth-order valence-electron chi connectivity index (χ4n) is 1.87. The maximum Gasteiger partial charge on any atom is 0.0766 e. The fraction of sp³-hybridized carbons (Fsp3) is 0.357. The highest BCUT2D eigenvalue weighted by Crippen LogP contribution is 2.06. The molecule has 2 unspecified atom stereocenters. The van der Waals surface area contributed by atoms with Gasteiger partial charge in [-0.2, -0.15) is 5.10 Å². The van der Waals surface area contributed by atoms with Gasteiger partial charge in [0.1, 0.15) is 0 Å². The highest BCUT2D eigenvalue weighted by molar-refractivity contribution is 7.84. The summed E-state index contributed by atoms with van der Waals surface area (Å²) in [6, 6.07) is 12.2. The summed E-state index contributed by atoms with van der Waals surface area (Å²) in [7, 11) is -0.766. The SMILES string of the molecule is CC(CS(C)=O)NCc1ccn(-c2ccccc2)n1. The summed E-state index contributed by atoms with van der Waals surface area (Å²) in [4.78, 5) is 0. The first-order chi connectivity index (χ1) is 9.15. The Hall–Kier alpha value is -1.46. The second kappa shape index (κ2) is 6.63. The first kappa shape index (κ1) is 14.0. The molecule has 102 valence electrons. The maximum absolute atomic E-state index is 11.1. The fourth-order valence-corrected chi connectivity index (χ4v) is 2.69. The third-order valence-electron chi connectivity index (χ3n) is 2.78. The van der Waals surface area contributed by atoms with Gasteiger partial charge in [-0.25, -0.2) is 4.68 Å². The molecule has 1 aromatic carbocycles. The second-order valence-electron chi connectivity index (χ2n) is 4.61. The van der Waals surface area contributed by atoms with Gasteiger partial charge in [0.25, 0.3) is 0 Å². The van der Waals surface area contributed by atoms with Crippen molar-refractivity contribution in [3.8, 4) is 5.69 Å². The molecule has 0 saturated carbocycles. The first-order valence-electron chi connectivity index (χ1n) is 6.28. The van der Waals surface area contributed by atoms with Crippen LogP contribution in [0.2, 0.25) is 0 Å². The molecule has 2 aromatic rings. The molecule has 19 heavy (non-hydrogen) atoms. The van der Waals surface area contributed by atoms with Gasteiger partial charge in [-0.1, -0.05) is 18.2 Å². The summed E-state index contributed by atoms with van der Waals surface area (Å²) in [5.41, 5.74) is 2.04. The molecule has 0 aliphatic rings. The minimum atomic E-state index is -0.766. The number of benzene rings is 1. The monoisotopic (exact) mass is 277 g/mol. The van der Waals surface area contributed by atoms with Crippen LogP contribution in [0.25, 0.3) is 5.69 Å². The van der Waals surface area contributed by atoms with Crippen LogP contribution < -0.4 is 5.32 Å². The van der Waals surface area contributed by atoms with Crippen molar-refractivity contribution in [1.82, 2.24) is 15.1 Å². The van der Waals surface area contributed by atoms with Crippen LogP contribution in [0.4, 0.5) is 0 Å². The van der Waals surface area contributed by atoms with Crippen molar-refractivity contribution < 1.29 is 4.21 Å². The number of hydrogen-bond acceptors (Lipinski definition) is 3. The van der Waals surface area contributed by atoms with Crippen molar-refractivity contribution in [2.45, 2.75) is 19.5 Å². The molecule has 1 heterocycles. The van der Waals surface area contributed by atoms with E-state index in [0.29, 0.717) is 12.3 Å². The highest BCUT2D eigenvalue weighted by atomic mass is 32.2. The summed E-state index contributed by atoms with van der Waals surface area (Å²) in [5.74, 6) is 0.666. The lowest BCUT2D eigenvalue weighted by molar-refractivity contribution is 0.577. The summed E-state index contributed by atoms with van der Waals surface area (Å²) >= 11 is 0. The quantitative estimate of drug-likeness (QED) is 0.874. The Labute approximate surface area is 116 Å². The van der Waals surface area contributed by atoms with E-state index in [9.17, 15) is 4.21 Å². The van der Waals surface area contributed by atoms with Crippen molar-refractivity contribution in [1.29, 1.82) is 0 Å². The Morgan fingerprint density at radius 2 is 2.05 bits per heavy atom. The number of aromatic nitrogens is 2. The molecule has 0 bridgehead atoms. The zero-order valence-corrected chi connectivity index (χ0v) is 12.1. The molecule has 2 rings (SSSR count). The highest BCUT2D eigenvalue weighted by Gasteiger charge is 2.05. The molecular weight excluding hydrogens is 258 g/mol. The van der Waals surface area contributed by atoms with Crippen molar-refractivity contribution in [3.05, 3.63) is 48.3 Å². The summed E-state index contributed by atoms with van der Waals surface area (Å²) in [6.07, 6.45) is 3.68.